The third-order valence-corrected chi connectivity index (χ3v) is 7.40. The Bertz CT molecular complexity index is 1060. The first-order valence-electron chi connectivity index (χ1n) is 12.7. The number of methoxy groups -OCH3 is 1. The molecule has 0 aromatic heterocycles. The number of benzene rings is 1. The number of amides is 3. The van der Waals surface area contributed by atoms with E-state index >= 15 is 0 Å². The summed E-state index contributed by atoms with van der Waals surface area (Å²) in [6.07, 6.45) is 4.46. The van der Waals surface area contributed by atoms with Crippen LogP contribution in [0.25, 0.3) is 0 Å². The summed E-state index contributed by atoms with van der Waals surface area (Å²) in [6.45, 7) is 12.5. The maximum Gasteiger partial charge on any atom is 0.246 e. The standard InChI is InChI=1S/C28H39N3O5/c1-17(2)12-15-31-22(24(33)30-26(3,4)5)28-14-13-27(6,36-28)20(21(28)25(31)34)23(32)29-16-18-8-10-19(35-7)11-9-18/h8-11,13-14,17,20-22H,12,15-16H2,1-7H3,(H,29,32)(H,30,33)/t20-,21+,22+,27+,28+/m0/s1. The Hall–Kier alpha value is -2.87. The highest BCUT2D eigenvalue weighted by atomic mass is 16.5. The monoisotopic (exact) mass is 497 g/mol. The van der Waals surface area contributed by atoms with Crippen LogP contribution in [0.15, 0.2) is 36.4 Å². The van der Waals surface area contributed by atoms with Crippen LogP contribution in [0.4, 0.5) is 0 Å². The van der Waals surface area contributed by atoms with E-state index in [9.17, 15) is 14.4 Å². The van der Waals surface area contributed by atoms with E-state index in [2.05, 4.69) is 24.5 Å². The van der Waals surface area contributed by atoms with Crippen LogP contribution >= 0.6 is 0 Å². The molecule has 0 unspecified atom stereocenters. The van der Waals surface area contributed by atoms with Crippen molar-refractivity contribution in [1.29, 1.82) is 0 Å². The van der Waals surface area contributed by atoms with Crippen molar-refractivity contribution < 1.29 is 23.9 Å². The van der Waals surface area contributed by atoms with Crippen molar-refractivity contribution in [2.75, 3.05) is 13.7 Å². The molecule has 5 atom stereocenters. The Morgan fingerprint density at radius 3 is 2.39 bits per heavy atom. The van der Waals surface area contributed by atoms with Gasteiger partial charge in [-0.3, -0.25) is 14.4 Å². The van der Waals surface area contributed by atoms with Gasteiger partial charge in [-0.15, -0.1) is 0 Å². The van der Waals surface area contributed by atoms with Gasteiger partial charge in [0.15, 0.2) is 0 Å². The fourth-order valence-electron chi connectivity index (χ4n) is 5.75. The maximum atomic E-state index is 13.9. The SMILES string of the molecule is COc1ccc(CNC(=O)[C@@H]2[C@@H]3C(=O)N(CCC(C)C)[C@H](C(=O)NC(C)(C)C)[C@@]34C=C[C@@]2(C)O4)cc1. The fourth-order valence-corrected chi connectivity index (χ4v) is 5.75. The number of hydrogen-bond acceptors (Lipinski definition) is 5. The van der Waals surface area contributed by atoms with Gasteiger partial charge in [0.1, 0.15) is 17.4 Å². The Kier molecular flexibility index (Phi) is 6.71. The molecule has 0 aliphatic carbocycles. The van der Waals surface area contributed by atoms with Crippen molar-refractivity contribution in [3.63, 3.8) is 0 Å². The Labute approximate surface area is 213 Å². The van der Waals surface area contributed by atoms with Crippen molar-refractivity contribution in [2.24, 2.45) is 17.8 Å². The molecule has 2 N–H and O–H groups in total. The van der Waals surface area contributed by atoms with Crippen molar-refractivity contribution in [3.05, 3.63) is 42.0 Å². The molecule has 3 heterocycles. The largest absolute Gasteiger partial charge is 0.497 e. The summed E-state index contributed by atoms with van der Waals surface area (Å²) in [4.78, 5) is 42.7. The molecule has 1 aromatic rings. The van der Waals surface area contributed by atoms with Crippen LogP contribution in [0, 0.1) is 17.8 Å². The molecule has 1 spiro atoms. The first kappa shape index (κ1) is 26.2. The number of likely N-dealkylation sites (tertiary alicyclic amines) is 1. The smallest absolute Gasteiger partial charge is 0.246 e. The van der Waals surface area contributed by atoms with E-state index in [0.717, 1.165) is 17.7 Å². The number of carbonyl (C=O) groups is 3. The Morgan fingerprint density at radius 1 is 1.14 bits per heavy atom. The van der Waals surface area contributed by atoms with Crippen LogP contribution in [0.3, 0.4) is 0 Å². The predicted octanol–water partition coefficient (Wildman–Crippen LogP) is 2.81. The van der Waals surface area contributed by atoms with E-state index in [4.69, 9.17) is 9.47 Å². The van der Waals surface area contributed by atoms with Crippen LogP contribution in [-0.4, -0.2) is 59.1 Å². The molecule has 3 aliphatic heterocycles. The topological polar surface area (TPSA) is 97.0 Å². The van der Waals surface area contributed by atoms with Crippen LogP contribution in [-0.2, 0) is 25.7 Å². The lowest BCUT2D eigenvalue weighted by Gasteiger charge is -2.35. The van der Waals surface area contributed by atoms with E-state index in [1.165, 1.54) is 0 Å². The molecule has 196 valence electrons. The van der Waals surface area contributed by atoms with Gasteiger partial charge in [0.05, 0.1) is 24.5 Å². The van der Waals surface area contributed by atoms with Crippen LogP contribution < -0.4 is 15.4 Å². The second-order valence-corrected chi connectivity index (χ2v) is 11.8. The number of carbonyl (C=O) groups excluding carboxylic acids is 3. The molecule has 2 bridgehead atoms. The van der Waals surface area contributed by atoms with Gasteiger partial charge in [-0.05, 0) is 57.7 Å². The highest BCUT2D eigenvalue weighted by Crippen LogP contribution is 2.59. The molecule has 8 nitrogen and oxygen atoms in total. The summed E-state index contributed by atoms with van der Waals surface area (Å²) in [5, 5.41) is 6.05. The second kappa shape index (κ2) is 9.21. The van der Waals surface area contributed by atoms with Gasteiger partial charge >= 0.3 is 0 Å². The lowest BCUT2D eigenvalue weighted by Crippen LogP contribution is -2.58. The zero-order chi connectivity index (χ0) is 26.5. The minimum absolute atomic E-state index is 0.192. The minimum Gasteiger partial charge on any atom is -0.497 e. The number of nitrogens with one attached hydrogen (secondary N) is 2. The van der Waals surface area contributed by atoms with Crippen molar-refractivity contribution in [3.8, 4) is 5.75 Å². The lowest BCUT2D eigenvalue weighted by molar-refractivity contribution is -0.145. The molecule has 0 radical (unpaired) electrons. The Balaban J connectivity index is 1.62. The minimum atomic E-state index is -1.17. The molecule has 3 amide bonds. The van der Waals surface area contributed by atoms with E-state index in [1.54, 1.807) is 12.0 Å². The van der Waals surface area contributed by atoms with Crippen LogP contribution in [0.1, 0.15) is 53.5 Å². The zero-order valence-corrected chi connectivity index (χ0v) is 22.4. The first-order valence-corrected chi connectivity index (χ1v) is 12.7. The van der Waals surface area contributed by atoms with Crippen LogP contribution in [0.5, 0.6) is 5.75 Å². The van der Waals surface area contributed by atoms with E-state index in [-0.39, 0.29) is 17.7 Å². The van der Waals surface area contributed by atoms with E-state index < -0.39 is 34.6 Å². The van der Waals surface area contributed by atoms with Crippen molar-refractivity contribution >= 4 is 17.7 Å². The molecule has 4 rings (SSSR count). The van der Waals surface area contributed by atoms with Gasteiger partial charge in [-0.2, -0.15) is 0 Å². The van der Waals surface area contributed by atoms with Crippen molar-refractivity contribution in [2.45, 2.75) is 77.3 Å². The second-order valence-electron chi connectivity index (χ2n) is 11.8. The Morgan fingerprint density at radius 2 is 1.81 bits per heavy atom. The molecule has 2 fully saturated rings. The number of fused-ring (bicyclic) bond motifs is 1. The molecule has 0 saturated carbocycles. The van der Waals surface area contributed by atoms with Gasteiger partial charge in [0.25, 0.3) is 0 Å². The van der Waals surface area contributed by atoms with Gasteiger partial charge in [-0.1, -0.05) is 38.1 Å². The number of ether oxygens (including phenoxy) is 2. The van der Waals surface area contributed by atoms with Crippen LogP contribution in [0.2, 0.25) is 0 Å². The van der Waals surface area contributed by atoms with E-state index in [1.807, 2.05) is 64.1 Å². The summed E-state index contributed by atoms with van der Waals surface area (Å²) < 4.78 is 11.7. The molecule has 1 aromatic carbocycles. The number of hydrogen-bond donors (Lipinski definition) is 2. The van der Waals surface area contributed by atoms with Gasteiger partial charge in [-0.25, -0.2) is 0 Å². The van der Waals surface area contributed by atoms with E-state index in [0.29, 0.717) is 19.0 Å². The maximum absolute atomic E-state index is 13.9. The normalized spacial score (nSPS) is 30.6. The molecular formula is C28H39N3O5. The highest BCUT2D eigenvalue weighted by Gasteiger charge is 2.76. The third kappa shape index (κ3) is 4.51. The predicted molar refractivity (Wildman–Crippen MR) is 136 cm³/mol. The van der Waals surface area contributed by atoms with Crippen molar-refractivity contribution in [1.82, 2.24) is 15.5 Å². The fraction of sp³-hybridized carbons (Fsp3) is 0.607. The quantitative estimate of drug-likeness (QED) is 0.539. The highest BCUT2D eigenvalue weighted by molar-refractivity contribution is 6.00. The summed E-state index contributed by atoms with van der Waals surface area (Å²) in [5.74, 6) is -1.09. The average Bonchev–Trinajstić information content (AvgIpc) is 3.35. The molecular weight excluding hydrogens is 458 g/mol. The van der Waals surface area contributed by atoms with Gasteiger partial charge in [0, 0.05) is 18.6 Å². The number of rotatable bonds is 8. The summed E-state index contributed by atoms with van der Waals surface area (Å²) >= 11 is 0. The lowest BCUT2D eigenvalue weighted by atomic mass is 9.70. The third-order valence-electron chi connectivity index (χ3n) is 7.40. The average molecular weight is 498 g/mol. The summed E-state index contributed by atoms with van der Waals surface area (Å²) in [6, 6.07) is 6.63. The summed E-state index contributed by atoms with van der Waals surface area (Å²) in [5.41, 5.74) is -1.69. The molecule has 2 saturated heterocycles. The number of nitrogens with zero attached hydrogens (tertiary/aromatic N) is 1. The summed E-state index contributed by atoms with van der Waals surface area (Å²) in [7, 11) is 1.61. The van der Waals surface area contributed by atoms with Gasteiger partial charge < -0.3 is 25.0 Å². The van der Waals surface area contributed by atoms with Gasteiger partial charge in [0.2, 0.25) is 17.7 Å². The molecule has 36 heavy (non-hydrogen) atoms. The zero-order valence-electron chi connectivity index (χ0n) is 22.4. The molecule has 8 heteroatoms. The first-order chi connectivity index (χ1) is 16.8. The molecule has 3 aliphatic rings.